The summed E-state index contributed by atoms with van der Waals surface area (Å²) in [4.78, 5) is 10.7. The van der Waals surface area contributed by atoms with Gasteiger partial charge in [-0.25, -0.2) is 0 Å². The zero-order chi connectivity index (χ0) is 10.0. The van der Waals surface area contributed by atoms with Crippen LogP contribution in [0.15, 0.2) is 12.1 Å². The van der Waals surface area contributed by atoms with Crippen molar-refractivity contribution in [3.8, 4) is 5.75 Å². The number of esters is 1. The Hall–Kier alpha value is -0.000000000000000111. The Bertz CT molecular complexity index is 329. The average Bonchev–Trinajstić information content (AvgIpc) is 1.96. The maximum absolute atomic E-state index is 10.7. The van der Waals surface area contributed by atoms with Gasteiger partial charge in [0.25, 0.3) is 0 Å². The number of ether oxygens (including phenoxy) is 1. The van der Waals surface area contributed by atoms with E-state index < -0.39 is 5.97 Å². The molecule has 0 heterocycles. The van der Waals surface area contributed by atoms with Crippen molar-refractivity contribution in [3.63, 3.8) is 0 Å². The monoisotopic (exact) mass is 330 g/mol. The SMILES string of the molecule is CC(=O)Oc1c(Cl)cc(Cl)cc1I. The molecule has 0 saturated carbocycles. The van der Waals surface area contributed by atoms with E-state index in [1.165, 1.54) is 13.0 Å². The summed E-state index contributed by atoms with van der Waals surface area (Å²) < 4.78 is 5.61. The Labute approximate surface area is 99.3 Å². The maximum atomic E-state index is 10.7. The van der Waals surface area contributed by atoms with Crippen LogP contribution in [0, 0.1) is 3.57 Å². The molecule has 0 aliphatic heterocycles. The Balaban J connectivity index is 3.13. The van der Waals surface area contributed by atoms with Crippen molar-refractivity contribution in [2.24, 2.45) is 0 Å². The van der Waals surface area contributed by atoms with Gasteiger partial charge in [0, 0.05) is 11.9 Å². The predicted molar refractivity (Wildman–Crippen MR) is 60.5 cm³/mol. The maximum Gasteiger partial charge on any atom is 0.308 e. The van der Waals surface area contributed by atoms with Gasteiger partial charge in [-0.05, 0) is 34.7 Å². The molecule has 13 heavy (non-hydrogen) atoms. The molecular weight excluding hydrogens is 326 g/mol. The molecule has 0 saturated heterocycles. The molecular formula is C8H5Cl2IO2. The van der Waals surface area contributed by atoms with E-state index in [1.54, 1.807) is 6.07 Å². The molecule has 1 aromatic carbocycles. The van der Waals surface area contributed by atoms with E-state index in [0.717, 1.165) is 0 Å². The van der Waals surface area contributed by atoms with Crippen molar-refractivity contribution in [3.05, 3.63) is 25.7 Å². The zero-order valence-corrected chi connectivity index (χ0v) is 10.3. The van der Waals surface area contributed by atoms with E-state index in [2.05, 4.69) is 0 Å². The average molecular weight is 331 g/mol. The molecule has 1 rings (SSSR count). The molecule has 0 N–H and O–H groups in total. The highest BCUT2D eigenvalue weighted by atomic mass is 127. The van der Waals surface area contributed by atoms with Gasteiger partial charge in [-0.1, -0.05) is 23.2 Å². The molecule has 0 amide bonds. The van der Waals surface area contributed by atoms with Crippen molar-refractivity contribution < 1.29 is 9.53 Å². The van der Waals surface area contributed by atoms with Gasteiger partial charge in [-0.2, -0.15) is 0 Å². The Morgan fingerprint density at radius 2 is 2.08 bits per heavy atom. The lowest BCUT2D eigenvalue weighted by Crippen LogP contribution is -2.03. The summed E-state index contributed by atoms with van der Waals surface area (Å²) in [6, 6.07) is 3.20. The number of carbonyl (C=O) groups excluding carboxylic acids is 1. The van der Waals surface area contributed by atoms with Gasteiger partial charge in [0.05, 0.1) is 8.59 Å². The van der Waals surface area contributed by atoms with Gasteiger partial charge in [0.2, 0.25) is 0 Å². The third kappa shape index (κ3) is 3.00. The van der Waals surface area contributed by atoms with Crippen LogP contribution < -0.4 is 4.74 Å². The smallest absolute Gasteiger partial charge is 0.308 e. The van der Waals surface area contributed by atoms with Crippen LogP contribution in [0.4, 0.5) is 0 Å². The summed E-state index contributed by atoms with van der Waals surface area (Å²) in [6.07, 6.45) is 0. The molecule has 0 bridgehead atoms. The third-order valence-electron chi connectivity index (χ3n) is 1.21. The van der Waals surface area contributed by atoms with Gasteiger partial charge >= 0.3 is 5.97 Å². The normalized spacial score (nSPS) is 9.85. The summed E-state index contributed by atoms with van der Waals surface area (Å²) >= 11 is 13.5. The molecule has 0 radical (unpaired) electrons. The predicted octanol–water partition coefficient (Wildman–Crippen LogP) is 3.52. The number of benzene rings is 1. The molecule has 0 aliphatic rings. The first-order valence-corrected chi connectivity index (χ1v) is 5.17. The molecule has 1 aromatic rings. The van der Waals surface area contributed by atoms with Crippen LogP contribution in [-0.2, 0) is 4.79 Å². The molecule has 0 atom stereocenters. The first-order chi connectivity index (χ1) is 6.00. The summed E-state index contributed by atoms with van der Waals surface area (Å²) in [6.45, 7) is 1.32. The first-order valence-electron chi connectivity index (χ1n) is 3.33. The number of hydrogen-bond donors (Lipinski definition) is 0. The van der Waals surface area contributed by atoms with Crippen LogP contribution in [0.2, 0.25) is 10.0 Å². The Morgan fingerprint density at radius 1 is 1.46 bits per heavy atom. The molecule has 2 nitrogen and oxygen atoms in total. The lowest BCUT2D eigenvalue weighted by molar-refractivity contribution is -0.131. The fraction of sp³-hybridized carbons (Fsp3) is 0.125. The fourth-order valence-electron chi connectivity index (χ4n) is 0.770. The van der Waals surface area contributed by atoms with E-state index in [-0.39, 0.29) is 0 Å². The third-order valence-corrected chi connectivity index (χ3v) is 2.51. The highest BCUT2D eigenvalue weighted by molar-refractivity contribution is 14.1. The van der Waals surface area contributed by atoms with Gasteiger partial charge in [-0.3, -0.25) is 4.79 Å². The molecule has 0 aromatic heterocycles. The molecule has 0 aliphatic carbocycles. The summed E-state index contributed by atoms with van der Waals surface area (Å²) in [7, 11) is 0. The number of carbonyl (C=O) groups is 1. The quantitative estimate of drug-likeness (QED) is 0.447. The summed E-state index contributed by atoms with van der Waals surface area (Å²) in [5.41, 5.74) is 0. The fourth-order valence-corrected chi connectivity index (χ4v) is 2.38. The van der Waals surface area contributed by atoms with E-state index in [0.29, 0.717) is 19.4 Å². The highest BCUT2D eigenvalue weighted by Gasteiger charge is 2.10. The largest absolute Gasteiger partial charge is 0.424 e. The van der Waals surface area contributed by atoms with E-state index >= 15 is 0 Å². The van der Waals surface area contributed by atoms with Crippen molar-refractivity contribution >= 4 is 51.8 Å². The number of rotatable bonds is 1. The summed E-state index contributed by atoms with van der Waals surface area (Å²) in [5.74, 6) is -0.0405. The first kappa shape index (κ1) is 11.1. The van der Waals surface area contributed by atoms with Gasteiger partial charge < -0.3 is 4.74 Å². The van der Waals surface area contributed by atoms with Crippen LogP contribution in [0.1, 0.15) is 6.92 Å². The van der Waals surface area contributed by atoms with Crippen molar-refractivity contribution in [2.75, 3.05) is 0 Å². The van der Waals surface area contributed by atoms with Crippen molar-refractivity contribution in [1.82, 2.24) is 0 Å². The second kappa shape index (κ2) is 4.48. The second-order valence-corrected chi connectivity index (χ2v) is 4.30. The van der Waals surface area contributed by atoms with Gasteiger partial charge in [0.1, 0.15) is 0 Å². The highest BCUT2D eigenvalue weighted by Crippen LogP contribution is 2.33. The molecule has 70 valence electrons. The minimum Gasteiger partial charge on any atom is -0.424 e. The van der Waals surface area contributed by atoms with Crippen molar-refractivity contribution in [1.29, 1.82) is 0 Å². The minimum absolute atomic E-state index is 0.340. The van der Waals surface area contributed by atoms with Gasteiger partial charge in [-0.15, -0.1) is 0 Å². The van der Waals surface area contributed by atoms with Gasteiger partial charge in [0.15, 0.2) is 5.75 Å². The van der Waals surface area contributed by atoms with Crippen LogP contribution in [0.25, 0.3) is 0 Å². The topological polar surface area (TPSA) is 26.3 Å². The van der Waals surface area contributed by atoms with E-state index in [9.17, 15) is 4.79 Å². The number of hydrogen-bond acceptors (Lipinski definition) is 2. The lowest BCUT2D eigenvalue weighted by Gasteiger charge is -2.06. The van der Waals surface area contributed by atoms with Crippen LogP contribution in [-0.4, -0.2) is 5.97 Å². The van der Waals surface area contributed by atoms with Crippen LogP contribution >= 0.6 is 45.8 Å². The Morgan fingerprint density at radius 3 is 2.54 bits per heavy atom. The molecule has 0 fully saturated rings. The summed E-state index contributed by atoms with van der Waals surface area (Å²) in [5, 5.41) is 0.859. The zero-order valence-electron chi connectivity index (χ0n) is 6.61. The second-order valence-electron chi connectivity index (χ2n) is 2.29. The van der Waals surface area contributed by atoms with E-state index in [1.807, 2.05) is 22.6 Å². The Kier molecular flexibility index (Phi) is 3.82. The number of halogens is 3. The van der Waals surface area contributed by atoms with Crippen molar-refractivity contribution in [2.45, 2.75) is 6.92 Å². The molecule has 0 spiro atoms. The molecule has 0 unspecified atom stereocenters. The standard InChI is InChI=1S/C8H5Cl2IO2/c1-4(12)13-8-6(10)2-5(9)3-7(8)11/h2-3H,1H3. The molecule has 5 heteroatoms. The van der Waals surface area contributed by atoms with Crippen LogP contribution in [0.3, 0.4) is 0 Å². The van der Waals surface area contributed by atoms with E-state index in [4.69, 9.17) is 27.9 Å². The van der Waals surface area contributed by atoms with Crippen LogP contribution in [0.5, 0.6) is 5.75 Å². The minimum atomic E-state index is -0.401. The lowest BCUT2D eigenvalue weighted by atomic mass is 10.3.